The second kappa shape index (κ2) is 9.07. The molecule has 0 aliphatic carbocycles. The second-order valence-electron chi connectivity index (χ2n) is 6.58. The summed E-state index contributed by atoms with van der Waals surface area (Å²) in [5.41, 5.74) is 1.51. The highest BCUT2D eigenvalue weighted by Gasteiger charge is 2.10. The van der Waals surface area contributed by atoms with Crippen LogP contribution in [0.4, 0.5) is 4.39 Å². The fourth-order valence-corrected chi connectivity index (χ4v) is 2.63. The van der Waals surface area contributed by atoms with E-state index in [9.17, 15) is 9.18 Å². The maximum Gasteiger partial charge on any atom is 0.251 e. The summed E-state index contributed by atoms with van der Waals surface area (Å²) in [6, 6.07) is 13.3. The van der Waals surface area contributed by atoms with Crippen LogP contribution in [-0.2, 0) is 13.0 Å². The average Bonchev–Trinajstić information content (AvgIpc) is 3.17. The molecule has 1 N–H and O–H groups in total. The maximum absolute atomic E-state index is 12.9. The number of rotatable bonds is 8. The van der Waals surface area contributed by atoms with Gasteiger partial charge in [-0.25, -0.2) is 9.07 Å². The number of nitrogens with one attached hydrogen (secondary N) is 1. The molecule has 0 fully saturated rings. The maximum atomic E-state index is 12.9. The first-order chi connectivity index (χ1) is 13.5. The molecule has 28 heavy (non-hydrogen) atoms. The monoisotopic (exact) mass is 383 g/mol. The number of benzene rings is 2. The molecule has 146 valence electrons. The molecule has 0 spiro atoms. The van der Waals surface area contributed by atoms with Gasteiger partial charge in [-0.2, -0.15) is 0 Å². The van der Waals surface area contributed by atoms with Crippen molar-refractivity contribution in [3.8, 4) is 5.75 Å². The van der Waals surface area contributed by atoms with E-state index in [2.05, 4.69) is 20.8 Å². The molecule has 3 aromatic rings. The number of amides is 1. The van der Waals surface area contributed by atoms with Crippen LogP contribution in [0.15, 0.2) is 48.5 Å². The van der Waals surface area contributed by atoms with Crippen molar-refractivity contribution < 1.29 is 13.9 Å². The van der Waals surface area contributed by atoms with E-state index in [4.69, 9.17) is 4.74 Å². The zero-order chi connectivity index (χ0) is 19.9. The van der Waals surface area contributed by atoms with Crippen molar-refractivity contribution >= 4 is 5.91 Å². The minimum atomic E-state index is -0.268. The Kier molecular flexibility index (Phi) is 6.31. The highest BCUT2D eigenvalue weighted by Crippen LogP contribution is 2.14. The van der Waals surface area contributed by atoms with Gasteiger partial charge in [0.2, 0.25) is 0 Å². The largest absolute Gasteiger partial charge is 0.486 e. The highest BCUT2D eigenvalue weighted by molar-refractivity contribution is 5.94. The average molecular weight is 383 g/mol. The first kappa shape index (κ1) is 19.5. The lowest BCUT2D eigenvalue weighted by Crippen LogP contribution is -2.25. The summed E-state index contributed by atoms with van der Waals surface area (Å²) in [5.74, 6) is 0.826. The van der Waals surface area contributed by atoms with E-state index in [1.165, 1.54) is 12.1 Å². The van der Waals surface area contributed by atoms with Crippen molar-refractivity contribution in [1.82, 2.24) is 25.5 Å². The first-order valence-corrected chi connectivity index (χ1v) is 9.05. The fraction of sp³-hybridized carbons (Fsp3) is 0.300. The summed E-state index contributed by atoms with van der Waals surface area (Å²) in [7, 11) is 0. The van der Waals surface area contributed by atoms with Crippen LogP contribution in [0.5, 0.6) is 5.75 Å². The van der Waals surface area contributed by atoms with E-state index in [1.54, 1.807) is 41.1 Å². The minimum Gasteiger partial charge on any atom is -0.486 e. The molecule has 0 radical (unpaired) electrons. The number of tetrazole rings is 1. The van der Waals surface area contributed by atoms with E-state index >= 15 is 0 Å². The van der Waals surface area contributed by atoms with Crippen LogP contribution in [-0.4, -0.2) is 32.7 Å². The molecule has 7 nitrogen and oxygen atoms in total. The van der Waals surface area contributed by atoms with Crippen molar-refractivity contribution in [2.24, 2.45) is 0 Å². The molecule has 0 bridgehead atoms. The van der Waals surface area contributed by atoms with Crippen molar-refractivity contribution in [1.29, 1.82) is 0 Å². The number of hydrogen-bond donors (Lipinski definition) is 1. The normalized spacial score (nSPS) is 10.9. The van der Waals surface area contributed by atoms with E-state index in [0.29, 0.717) is 30.1 Å². The number of carbonyl (C=O) groups is 1. The summed E-state index contributed by atoms with van der Waals surface area (Å²) in [5, 5.41) is 14.4. The van der Waals surface area contributed by atoms with Crippen LogP contribution in [0.1, 0.15) is 41.6 Å². The van der Waals surface area contributed by atoms with Crippen molar-refractivity contribution in [3.63, 3.8) is 0 Å². The summed E-state index contributed by atoms with van der Waals surface area (Å²) in [4.78, 5) is 12.2. The van der Waals surface area contributed by atoms with E-state index in [1.807, 2.05) is 13.8 Å². The summed E-state index contributed by atoms with van der Waals surface area (Å²) < 4.78 is 20.3. The highest BCUT2D eigenvalue weighted by atomic mass is 19.1. The number of ether oxygens (including phenoxy) is 1. The smallest absolute Gasteiger partial charge is 0.251 e. The third-order valence-corrected chi connectivity index (χ3v) is 4.15. The van der Waals surface area contributed by atoms with Crippen LogP contribution in [0.25, 0.3) is 0 Å². The van der Waals surface area contributed by atoms with Gasteiger partial charge in [0.1, 0.15) is 18.2 Å². The molecule has 0 unspecified atom stereocenters. The topological polar surface area (TPSA) is 81.9 Å². The summed E-state index contributed by atoms with van der Waals surface area (Å²) in [6.45, 7) is 4.70. The molecule has 3 rings (SSSR count). The Balaban J connectivity index is 1.48. The molecule has 0 aliphatic heterocycles. The van der Waals surface area contributed by atoms with E-state index in [0.717, 1.165) is 5.56 Å². The van der Waals surface area contributed by atoms with Gasteiger partial charge in [0.05, 0.1) is 6.04 Å². The Morgan fingerprint density at radius 2 is 1.86 bits per heavy atom. The lowest BCUT2D eigenvalue weighted by molar-refractivity contribution is 0.0954. The van der Waals surface area contributed by atoms with Gasteiger partial charge in [0.25, 0.3) is 5.91 Å². The van der Waals surface area contributed by atoms with E-state index < -0.39 is 0 Å². The van der Waals surface area contributed by atoms with Crippen LogP contribution >= 0.6 is 0 Å². The zero-order valence-corrected chi connectivity index (χ0v) is 15.8. The van der Waals surface area contributed by atoms with Crippen LogP contribution in [0.2, 0.25) is 0 Å². The third-order valence-electron chi connectivity index (χ3n) is 4.15. The second-order valence-corrected chi connectivity index (χ2v) is 6.58. The Labute approximate surface area is 162 Å². The van der Waals surface area contributed by atoms with Gasteiger partial charge < -0.3 is 10.1 Å². The zero-order valence-electron chi connectivity index (χ0n) is 15.8. The van der Waals surface area contributed by atoms with Gasteiger partial charge in [-0.05, 0) is 72.7 Å². The lowest BCUT2D eigenvalue weighted by Gasteiger charge is -2.10. The summed E-state index contributed by atoms with van der Waals surface area (Å²) >= 11 is 0. The van der Waals surface area contributed by atoms with Gasteiger partial charge in [-0.1, -0.05) is 12.1 Å². The van der Waals surface area contributed by atoms with Crippen LogP contribution in [0.3, 0.4) is 0 Å². The van der Waals surface area contributed by atoms with Crippen LogP contribution in [0, 0.1) is 5.82 Å². The first-order valence-electron chi connectivity index (χ1n) is 9.05. The summed E-state index contributed by atoms with van der Waals surface area (Å²) in [6.07, 6.45) is 0.637. The van der Waals surface area contributed by atoms with Gasteiger partial charge in [0.15, 0.2) is 5.82 Å². The molecular formula is C20H22FN5O2. The van der Waals surface area contributed by atoms with Gasteiger partial charge in [0, 0.05) is 12.1 Å². The predicted molar refractivity (Wildman–Crippen MR) is 101 cm³/mol. The number of aromatic nitrogens is 4. The molecule has 1 heterocycles. The molecule has 8 heteroatoms. The molecule has 0 saturated heterocycles. The Morgan fingerprint density at radius 3 is 2.54 bits per heavy atom. The van der Waals surface area contributed by atoms with Gasteiger partial charge in [-0.3, -0.25) is 4.79 Å². The Morgan fingerprint density at radius 1 is 1.14 bits per heavy atom. The third kappa shape index (κ3) is 5.12. The number of halogens is 1. The molecule has 0 atom stereocenters. The molecule has 0 saturated carbocycles. The fourth-order valence-electron chi connectivity index (χ4n) is 2.63. The molecule has 1 amide bonds. The lowest BCUT2D eigenvalue weighted by atomic mass is 10.1. The molecule has 0 aliphatic rings. The molecular weight excluding hydrogens is 361 g/mol. The Bertz CT molecular complexity index is 907. The van der Waals surface area contributed by atoms with Crippen molar-refractivity contribution in [2.75, 3.05) is 6.54 Å². The predicted octanol–water partition coefficient (Wildman–Crippen LogP) is 2.94. The van der Waals surface area contributed by atoms with Gasteiger partial charge >= 0.3 is 0 Å². The number of nitrogens with zero attached hydrogens (tertiary/aromatic N) is 4. The molecule has 1 aromatic heterocycles. The molecule has 2 aromatic carbocycles. The number of carbonyl (C=O) groups excluding carboxylic acids is 1. The van der Waals surface area contributed by atoms with Crippen molar-refractivity contribution in [2.45, 2.75) is 32.9 Å². The number of hydrogen-bond acceptors (Lipinski definition) is 5. The van der Waals surface area contributed by atoms with E-state index in [-0.39, 0.29) is 24.4 Å². The Hall–Kier alpha value is -3.29. The quantitative estimate of drug-likeness (QED) is 0.647. The minimum absolute atomic E-state index is 0.148. The van der Waals surface area contributed by atoms with Crippen molar-refractivity contribution in [3.05, 3.63) is 71.3 Å². The van der Waals surface area contributed by atoms with Crippen LogP contribution < -0.4 is 10.1 Å². The SMILES string of the molecule is CC(C)n1nnnc1COc1ccc(C(=O)NCCc2ccc(F)cc2)cc1. The standard InChI is InChI=1S/C20H22FN5O2/c1-14(2)26-19(23-24-25-26)13-28-18-9-5-16(6-10-18)20(27)22-12-11-15-3-7-17(21)8-4-15/h3-10,14H,11-13H2,1-2H3,(H,22,27). The van der Waals surface area contributed by atoms with Gasteiger partial charge in [-0.15, -0.1) is 5.10 Å².